The topological polar surface area (TPSA) is 35.8 Å². The zero-order valence-electron chi connectivity index (χ0n) is 10.2. The number of benzene rings is 1. The molecule has 90 valence electrons. The molecule has 0 saturated carbocycles. The fourth-order valence-corrected chi connectivity index (χ4v) is 2.79. The Balaban J connectivity index is 2.11. The van der Waals surface area contributed by atoms with Crippen molar-refractivity contribution in [3.8, 4) is 6.07 Å². The molecule has 1 aromatic rings. The van der Waals surface area contributed by atoms with Crippen LogP contribution in [-0.2, 0) is 0 Å². The zero-order valence-corrected chi connectivity index (χ0v) is 11.8. The second-order valence-corrected chi connectivity index (χ2v) is 6.15. The highest BCUT2D eigenvalue weighted by Gasteiger charge is 2.36. The van der Waals surface area contributed by atoms with Crippen molar-refractivity contribution in [2.45, 2.75) is 38.8 Å². The van der Waals surface area contributed by atoms with Crippen LogP contribution in [0.3, 0.4) is 0 Å². The van der Waals surface area contributed by atoms with Crippen molar-refractivity contribution in [2.24, 2.45) is 5.41 Å². The standard InChI is InChI=1S/C14H17BrN2/c1-14(2,9-16)13-7-6-12(17-13)10-4-3-5-11(15)8-10/h3-5,8,12-13,17H,6-7H2,1-2H3/t12-,13?/m0/s1. The van der Waals surface area contributed by atoms with E-state index in [1.165, 1.54) is 5.56 Å². The first-order valence-corrected chi connectivity index (χ1v) is 6.75. The summed E-state index contributed by atoms with van der Waals surface area (Å²) in [6, 6.07) is 11.5. The number of halogens is 1. The van der Waals surface area contributed by atoms with Gasteiger partial charge in [-0.1, -0.05) is 28.1 Å². The number of hydrogen-bond acceptors (Lipinski definition) is 2. The quantitative estimate of drug-likeness (QED) is 0.900. The lowest BCUT2D eigenvalue weighted by Crippen LogP contribution is -2.37. The first-order chi connectivity index (χ1) is 8.03. The lowest BCUT2D eigenvalue weighted by Gasteiger charge is -2.25. The highest BCUT2D eigenvalue weighted by Crippen LogP contribution is 2.35. The van der Waals surface area contributed by atoms with Crippen LogP contribution in [0.25, 0.3) is 0 Å². The number of nitrogens with zero attached hydrogens (tertiary/aromatic N) is 1. The number of nitriles is 1. The summed E-state index contributed by atoms with van der Waals surface area (Å²) in [6.45, 7) is 4.02. The minimum atomic E-state index is -0.291. The van der Waals surface area contributed by atoms with Gasteiger partial charge in [-0.15, -0.1) is 0 Å². The van der Waals surface area contributed by atoms with Gasteiger partial charge in [0.1, 0.15) is 0 Å². The minimum Gasteiger partial charge on any atom is -0.306 e. The molecule has 1 saturated heterocycles. The van der Waals surface area contributed by atoms with Gasteiger partial charge in [-0.25, -0.2) is 0 Å². The maximum Gasteiger partial charge on any atom is 0.0700 e. The molecule has 0 amide bonds. The van der Waals surface area contributed by atoms with Crippen molar-refractivity contribution >= 4 is 15.9 Å². The van der Waals surface area contributed by atoms with Gasteiger partial charge in [-0.2, -0.15) is 5.26 Å². The van der Waals surface area contributed by atoms with E-state index in [-0.39, 0.29) is 11.5 Å². The summed E-state index contributed by atoms with van der Waals surface area (Å²) in [6.07, 6.45) is 2.17. The molecule has 2 rings (SSSR count). The summed E-state index contributed by atoms with van der Waals surface area (Å²) in [5.74, 6) is 0. The Morgan fingerprint density at radius 3 is 2.82 bits per heavy atom. The van der Waals surface area contributed by atoms with Crippen LogP contribution in [0.5, 0.6) is 0 Å². The van der Waals surface area contributed by atoms with Crippen molar-refractivity contribution in [3.63, 3.8) is 0 Å². The minimum absolute atomic E-state index is 0.288. The van der Waals surface area contributed by atoms with E-state index < -0.39 is 0 Å². The van der Waals surface area contributed by atoms with E-state index in [1.54, 1.807) is 0 Å². The smallest absolute Gasteiger partial charge is 0.0700 e. The Bertz CT molecular complexity index is 448. The molecule has 1 unspecified atom stereocenters. The molecular formula is C14H17BrN2. The Hall–Kier alpha value is -0.850. The van der Waals surface area contributed by atoms with Crippen LogP contribution in [0.2, 0.25) is 0 Å². The summed E-state index contributed by atoms with van der Waals surface area (Å²) >= 11 is 3.50. The van der Waals surface area contributed by atoms with Gasteiger partial charge in [0.05, 0.1) is 11.5 Å². The van der Waals surface area contributed by atoms with E-state index in [0.29, 0.717) is 6.04 Å². The summed E-state index contributed by atoms with van der Waals surface area (Å²) in [4.78, 5) is 0. The molecule has 1 aliphatic rings. The molecule has 1 N–H and O–H groups in total. The molecule has 1 aromatic carbocycles. The van der Waals surface area contributed by atoms with Gasteiger partial charge in [0.25, 0.3) is 0 Å². The van der Waals surface area contributed by atoms with E-state index >= 15 is 0 Å². The molecule has 2 nitrogen and oxygen atoms in total. The molecule has 0 radical (unpaired) electrons. The fourth-order valence-electron chi connectivity index (χ4n) is 2.38. The fraction of sp³-hybridized carbons (Fsp3) is 0.500. The maximum absolute atomic E-state index is 9.16. The highest BCUT2D eigenvalue weighted by molar-refractivity contribution is 9.10. The normalized spacial score (nSPS) is 24.6. The predicted molar refractivity (Wildman–Crippen MR) is 72.4 cm³/mol. The van der Waals surface area contributed by atoms with Crippen molar-refractivity contribution < 1.29 is 0 Å². The number of hydrogen-bond donors (Lipinski definition) is 1. The SMILES string of the molecule is CC(C)(C#N)C1CC[C@@H](c2cccc(Br)c2)N1. The van der Waals surface area contributed by atoms with E-state index in [9.17, 15) is 0 Å². The van der Waals surface area contributed by atoms with Gasteiger partial charge in [0.15, 0.2) is 0 Å². The predicted octanol–water partition coefficient (Wildman–Crippen LogP) is 3.79. The Labute approximate surface area is 111 Å². The van der Waals surface area contributed by atoms with E-state index in [2.05, 4.69) is 45.5 Å². The van der Waals surface area contributed by atoms with Gasteiger partial charge in [-0.3, -0.25) is 0 Å². The first-order valence-electron chi connectivity index (χ1n) is 5.96. The van der Waals surface area contributed by atoms with Gasteiger partial charge >= 0.3 is 0 Å². The van der Waals surface area contributed by atoms with E-state index in [0.717, 1.165) is 17.3 Å². The molecule has 0 spiro atoms. The van der Waals surface area contributed by atoms with Crippen LogP contribution >= 0.6 is 15.9 Å². The maximum atomic E-state index is 9.16. The largest absolute Gasteiger partial charge is 0.306 e. The summed E-state index contributed by atoms with van der Waals surface area (Å²) in [5.41, 5.74) is 1.01. The van der Waals surface area contributed by atoms with Gasteiger partial charge < -0.3 is 5.32 Å². The Morgan fingerprint density at radius 1 is 1.41 bits per heavy atom. The highest BCUT2D eigenvalue weighted by atomic mass is 79.9. The number of rotatable bonds is 2. The van der Waals surface area contributed by atoms with Gasteiger partial charge in [0, 0.05) is 16.6 Å². The summed E-state index contributed by atoms with van der Waals surface area (Å²) < 4.78 is 1.11. The number of nitrogens with one attached hydrogen (secondary N) is 1. The molecule has 3 heteroatoms. The molecule has 0 aromatic heterocycles. The Morgan fingerprint density at radius 2 is 2.18 bits per heavy atom. The van der Waals surface area contributed by atoms with Gasteiger partial charge in [-0.05, 0) is 44.4 Å². The zero-order chi connectivity index (χ0) is 12.5. The van der Waals surface area contributed by atoms with E-state index in [1.807, 2.05) is 19.9 Å². The molecule has 1 aliphatic heterocycles. The Kier molecular flexibility index (Phi) is 3.56. The van der Waals surface area contributed by atoms with Gasteiger partial charge in [0.2, 0.25) is 0 Å². The lowest BCUT2D eigenvalue weighted by molar-refractivity contribution is 0.341. The third-order valence-electron chi connectivity index (χ3n) is 3.56. The monoisotopic (exact) mass is 292 g/mol. The molecule has 2 atom stereocenters. The average Bonchev–Trinajstić information content (AvgIpc) is 2.79. The molecule has 0 aliphatic carbocycles. The van der Waals surface area contributed by atoms with Crippen LogP contribution in [0.15, 0.2) is 28.7 Å². The van der Waals surface area contributed by atoms with Crippen molar-refractivity contribution in [1.82, 2.24) is 5.32 Å². The molecule has 0 bridgehead atoms. The van der Waals surface area contributed by atoms with Crippen LogP contribution in [0.4, 0.5) is 0 Å². The van der Waals surface area contributed by atoms with Crippen LogP contribution in [0, 0.1) is 16.7 Å². The second-order valence-electron chi connectivity index (χ2n) is 5.24. The van der Waals surface area contributed by atoms with Crippen molar-refractivity contribution in [3.05, 3.63) is 34.3 Å². The molecule has 17 heavy (non-hydrogen) atoms. The van der Waals surface area contributed by atoms with Crippen LogP contribution in [-0.4, -0.2) is 6.04 Å². The summed E-state index contributed by atoms with van der Waals surface area (Å²) in [5, 5.41) is 12.7. The van der Waals surface area contributed by atoms with E-state index in [4.69, 9.17) is 5.26 Å². The molecule has 1 heterocycles. The first kappa shape index (κ1) is 12.6. The third kappa shape index (κ3) is 2.70. The lowest BCUT2D eigenvalue weighted by atomic mass is 9.85. The van der Waals surface area contributed by atoms with Crippen LogP contribution in [0.1, 0.15) is 38.3 Å². The average molecular weight is 293 g/mol. The second kappa shape index (κ2) is 4.80. The molecule has 1 fully saturated rings. The third-order valence-corrected chi connectivity index (χ3v) is 4.05. The summed E-state index contributed by atoms with van der Waals surface area (Å²) in [7, 11) is 0. The van der Waals surface area contributed by atoms with Crippen LogP contribution < -0.4 is 5.32 Å². The van der Waals surface area contributed by atoms with Crippen molar-refractivity contribution in [2.75, 3.05) is 0 Å². The van der Waals surface area contributed by atoms with Crippen molar-refractivity contribution in [1.29, 1.82) is 5.26 Å². The molecular weight excluding hydrogens is 276 g/mol.